The van der Waals surface area contributed by atoms with Crippen molar-refractivity contribution in [3.05, 3.63) is 53.6 Å². The van der Waals surface area contributed by atoms with Gasteiger partial charge in [-0.25, -0.2) is 4.98 Å². The Kier molecular flexibility index (Phi) is 3.23. The Morgan fingerprint density at radius 2 is 1.95 bits per heavy atom. The molecule has 0 spiro atoms. The minimum Gasteiger partial charge on any atom is -0.395 e. The summed E-state index contributed by atoms with van der Waals surface area (Å²) in [6, 6.07) is 15.5. The molecule has 0 amide bonds. The standard InChI is InChI=1S/C15H13ClN2O/c16-12-5-3-4-11(10-12)15-17-13-6-1-2-7-14(13)18(15)8-9-19/h1-7,10,19H,8-9H2. The lowest BCUT2D eigenvalue weighted by atomic mass is 10.2. The highest BCUT2D eigenvalue weighted by Gasteiger charge is 2.11. The molecule has 0 aliphatic heterocycles. The maximum atomic E-state index is 9.25. The van der Waals surface area contributed by atoms with Crippen LogP contribution in [0.15, 0.2) is 48.5 Å². The van der Waals surface area contributed by atoms with Crippen molar-refractivity contribution in [1.29, 1.82) is 0 Å². The lowest BCUT2D eigenvalue weighted by molar-refractivity contribution is 0.278. The molecule has 96 valence electrons. The van der Waals surface area contributed by atoms with Crippen LogP contribution in [0.1, 0.15) is 0 Å². The monoisotopic (exact) mass is 272 g/mol. The fourth-order valence-electron chi connectivity index (χ4n) is 2.25. The van der Waals surface area contributed by atoms with E-state index in [1.54, 1.807) is 0 Å². The van der Waals surface area contributed by atoms with Crippen molar-refractivity contribution < 1.29 is 5.11 Å². The first-order valence-corrected chi connectivity index (χ1v) is 6.49. The zero-order valence-electron chi connectivity index (χ0n) is 10.3. The third-order valence-electron chi connectivity index (χ3n) is 3.06. The minimum atomic E-state index is 0.0773. The number of hydrogen-bond donors (Lipinski definition) is 1. The van der Waals surface area contributed by atoms with E-state index < -0.39 is 0 Å². The summed E-state index contributed by atoms with van der Waals surface area (Å²) in [5.74, 6) is 0.831. The van der Waals surface area contributed by atoms with Crippen molar-refractivity contribution in [2.24, 2.45) is 0 Å². The fraction of sp³-hybridized carbons (Fsp3) is 0.133. The smallest absolute Gasteiger partial charge is 0.141 e. The molecular formula is C15H13ClN2O. The third kappa shape index (κ3) is 2.23. The second kappa shape index (κ2) is 5.03. The first-order valence-electron chi connectivity index (χ1n) is 6.11. The molecule has 19 heavy (non-hydrogen) atoms. The molecule has 0 bridgehead atoms. The van der Waals surface area contributed by atoms with Crippen molar-refractivity contribution in [3.8, 4) is 11.4 Å². The molecule has 2 aromatic carbocycles. The van der Waals surface area contributed by atoms with Gasteiger partial charge >= 0.3 is 0 Å². The van der Waals surface area contributed by atoms with Crippen molar-refractivity contribution in [1.82, 2.24) is 9.55 Å². The van der Waals surface area contributed by atoms with Gasteiger partial charge in [0, 0.05) is 17.1 Å². The molecule has 4 heteroatoms. The van der Waals surface area contributed by atoms with Crippen molar-refractivity contribution in [2.45, 2.75) is 6.54 Å². The molecule has 0 atom stereocenters. The molecule has 0 saturated heterocycles. The van der Waals surface area contributed by atoms with Crippen LogP contribution >= 0.6 is 11.6 Å². The van der Waals surface area contributed by atoms with E-state index in [0.717, 1.165) is 22.4 Å². The highest BCUT2D eigenvalue weighted by Crippen LogP contribution is 2.26. The first-order chi connectivity index (χ1) is 9.29. The summed E-state index contributed by atoms with van der Waals surface area (Å²) in [7, 11) is 0. The average molecular weight is 273 g/mol. The maximum absolute atomic E-state index is 9.25. The Labute approximate surface area is 116 Å². The van der Waals surface area contributed by atoms with Gasteiger partial charge < -0.3 is 9.67 Å². The van der Waals surface area contributed by atoms with Gasteiger partial charge in [-0.15, -0.1) is 0 Å². The number of para-hydroxylation sites is 2. The van der Waals surface area contributed by atoms with Crippen LogP contribution in [0.5, 0.6) is 0 Å². The quantitative estimate of drug-likeness (QED) is 0.794. The molecule has 0 aliphatic rings. The summed E-state index contributed by atoms with van der Waals surface area (Å²) >= 11 is 6.04. The number of benzene rings is 2. The molecule has 0 fully saturated rings. The van der Waals surface area contributed by atoms with Gasteiger partial charge in [0.15, 0.2) is 0 Å². The zero-order chi connectivity index (χ0) is 13.2. The van der Waals surface area contributed by atoms with Crippen molar-refractivity contribution in [3.63, 3.8) is 0 Å². The number of aliphatic hydroxyl groups is 1. The predicted molar refractivity (Wildman–Crippen MR) is 77.3 cm³/mol. The van der Waals surface area contributed by atoms with E-state index in [1.807, 2.05) is 53.1 Å². The predicted octanol–water partition coefficient (Wildman–Crippen LogP) is 3.35. The van der Waals surface area contributed by atoms with Crippen LogP contribution in [0.25, 0.3) is 22.4 Å². The first kappa shape index (κ1) is 12.2. The molecule has 0 saturated carbocycles. The fourth-order valence-corrected chi connectivity index (χ4v) is 2.44. The summed E-state index contributed by atoms with van der Waals surface area (Å²) in [6.45, 7) is 0.594. The molecule has 1 aromatic heterocycles. The second-order valence-electron chi connectivity index (χ2n) is 4.31. The number of aromatic nitrogens is 2. The Morgan fingerprint density at radius 1 is 1.11 bits per heavy atom. The molecule has 1 heterocycles. The van der Waals surface area contributed by atoms with E-state index in [4.69, 9.17) is 11.6 Å². The SMILES string of the molecule is OCCn1c(-c2cccc(Cl)c2)nc2ccccc21. The number of halogens is 1. The van der Waals surface area contributed by atoms with Crippen molar-refractivity contribution >= 4 is 22.6 Å². The third-order valence-corrected chi connectivity index (χ3v) is 3.30. The van der Waals surface area contributed by atoms with E-state index >= 15 is 0 Å². The summed E-state index contributed by atoms with van der Waals surface area (Å²) in [4.78, 5) is 4.64. The number of rotatable bonds is 3. The van der Waals surface area contributed by atoms with E-state index in [-0.39, 0.29) is 6.61 Å². The topological polar surface area (TPSA) is 38.0 Å². The average Bonchev–Trinajstić information content (AvgIpc) is 2.79. The number of hydrogen-bond acceptors (Lipinski definition) is 2. The maximum Gasteiger partial charge on any atom is 0.141 e. The minimum absolute atomic E-state index is 0.0773. The Hall–Kier alpha value is -1.84. The van der Waals surface area contributed by atoms with Crippen LogP contribution in [0.3, 0.4) is 0 Å². The van der Waals surface area contributed by atoms with Crippen molar-refractivity contribution in [2.75, 3.05) is 6.61 Å². The van der Waals surface area contributed by atoms with Gasteiger partial charge in [-0.3, -0.25) is 0 Å². The van der Waals surface area contributed by atoms with Crippen LogP contribution in [0.4, 0.5) is 0 Å². The molecule has 0 radical (unpaired) electrons. The molecule has 1 N–H and O–H groups in total. The van der Waals surface area contributed by atoms with Gasteiger partial charge in [-0.1, -0.05) is 35.9 Å². The van der Waals surface area contributed by atoms with Gasteiger partial charge in [0.2, 0.25) is 0 Å². The van der Waals surface area contributed by atoms with E-state index in [9.17, 15) is 5.11 Å². The van der Waals surface area contributed by atoms with E-state index in [1.165, 1.54) is 0 Å². The Balaban J connectivity index is 2.25. The Bertz CT molecular complexity index is 721. The van der Waals surface area contributed by atoms with Gasteiger partial charge in [0.05, 0.1) is 17.6 Å². The molecule has 3 rings (SSSR count). The van der Waals surface area contributed by atoms with Gasteiger partial charge in [0.1, 0.15) is 5.82 Å². The molecular weight excluding hydrogens is 260 g/mol. The largest absolute Gasteiger partial charge is 0.395 e. The van der Waals surface area contributed by atoms with E-state index in [0.29, 0.717) is 11.6 Å². The number of aliphatic hydroxyl groups excluding tert-OH is 1. The lowest BCUT2D eigenvalue weighted by Crippen LogP contribution is -2.04. The van der Waals surface area contributed by atoms with Gasteiger partial charge in [-0.05, 0) is 24.3 Å². The van der Waals surface area contributed by atoms with Crippen LogP contribution in [-0.4, -0.2) is 21.3 Å². The molecule has 0 aliphatic carbocycles. The highest BCUT2D eigenvalue weighted by atomic mass is 35.5. The van der Waals surface area contributed by atoms with Gasteiger partial charge in [-0.2, -0.15) is 0 Å². The number of fused-ring (bicyclic) bond motifs is 1. The summed E-state index contributed by atoms with van der Waals surface area (Å²) in [5, 5.41) is 9.93. The molecule has 3 nitrogen and oxygen atoms in total. The Morgan fingerprint density at radius 3 is 2.74 bits per heavy atom. The van der Waals surface area contributed by atoms with Crippen LogP contribution in [-0.2, 0) is 6.54 Å². The van der Waals surface area contributed by atoms with E-state index in [2.05, 4.69) is 4.98 Å². The second-order valence-corrected chi connectivity index (χ2v) is 4.75. The van der Waals surface area contributed by atoms with Crippen LogP contribution < -0.4 is 0 Å². The molecule has 0 unspecified atom stereocenters. The normalized spacial score (nSPS) is 11.1. The number of nitrogens with zero attached hydrogens (tertiary/aromatic N) is 2. The van der Waals surface area contributed by atoms with Crippen LogP contribution in [0.2, 0.25) is 5.02 Å². The lowest BCUT2D eigenvalue weighted by Gasteiger charge is -2.07. The summed E-state index contributed by atoms with van der Waals surface area (Å²) in [5.41, 5.74) is 2.90. The molecule has 3 aromatic rings. The van der Waals surface area contributed by atoms with Crippen LogP contribution in [0, 0.1) is 0 Å². The summed E-state index contributed by atoms with van der Waals surface area (Å²) in [6.07, 6.45) is 0. The van der Waals surface area contributed by atoms with Gasteiger partial charge in [0.25, 0.3) is 0 Å². The number of imidazole rings is 1. The zero-order valence-corrected chi connectivity index (χ0v) is 11.0. The highest BCUT2D eigenvalue weighted by molar-refractivity contribution is 6.30. The summed E-state index contributed by atoms with van der Waals surface area (Å²) < 4.78 is 2.01.